The zero-order valence-corrected chi connectivity index (χ0v) is 12.5. The average Bonchev–Trinajstić information content (AvgIpc) is 2.41. The van der Waals surface area contributed by atoms with Crippen molar-refractivity contribution >= 4 is 21.4 Å². The predicted molar refractivity (Wildman–Crippen MR) is 82.3 cm³/mol. The van der Waals surface area contributed by atoms with Crippen molar-refractivity contribution in [3.05, 3.63) is 53.1 Å². The Balaban J connectivity index is 2.41. The van der Waals surface area contributed by atoms with Gasteiger partial charge in [-0.25, -0.2) is 8.42 Å². The molecule has 5 nitrogen and oxygen atoms in total. The van der Waals surface area contributed by atoms with Gasteiger partial charge in [0, 0.05) is 0 Å². The molecule has 2 aromatic carbocycles. The second-order valence-electron chi connectivity index (χ2n) is 4.79. The van der Waals surface area contributed by atoms with Gasteiger partial charge in [0.1, 0.15) is 4.90 Å². The Morgan fingerprint density at radius 3 is 2.43 bits per heavy atom. The van der Waals surface area contributed by atoms with Crippen LogP contribution in [0.2, 0.25) is 0 Å². The van der Waals surface area contributed by atoms with E-state index in [4.69, 9.17) is 11.0 Å². The number of hydrogen-bond donors (Lipinski definition) is 2. The normalized spacial score (nSPS) is 10.9. The summed E-state index contributed by atoms with van der Waals surface area (Å²) in [5.74, 6) is 0. The molecule has 0 saturated heterocycles. The molecule has 0 fully saturated rings. The summed E-state index contributed by atoms with van der Waals surface area (Å²) in [5, 5.41) is 8.78. The van der Waals surface area contributed by atoms with Crippen molar-refractivity contribution in [1.29, 1.82) is 5.26 Å². The minimum Gasteiger partial charge on any atom is -0.398 e. The van der Waals surface area contributed by atoms with Gasteiger partial charge in [0.05, 0.1) is 23.0 Å². The number of nitrogens with one attached hydrogen (secondary N) is 1. The number of nitrogen functional groups attached to an aromatic ring is 1. The van der Waals surface area contributed by atoms with Crippen molar-refractivity contribution in [1.82, 2.24) is 0 Å². The number of benzene rings is 2. The number of aryl methyl sites for hydroxylation is 2. The molecular weight excluding hydrogens is 286 g/mol. The van der Waals surface area contributed by atoms with Crippen LogP contribution >= 0.6 is 0 Å². The molecule has 2 aromatic rings. The van der Waals surface area contributed by atoms with E-state index in [0.29, 0.717) is 11.3 Å². The standard InChI is InChI=1S/C15H15N3O2S/c1-10-3-5-14(11(2)7-10)18-21(19,20)15-6-4-12(9-16)8-13(15)17/h3-8,18H,17H2,1-2H3. The lowest BCUT2D eigenvalue weighted by atomic mass is 10.1. The maximum Gasteiger partial charge on any atom is 0.263 e. The highest BCUT2D eigenvalue weighted by atomic mass is 32.2. The summed E-state index contributed by atoms with van der Waals surface area (Å²) >= 11 is 0. The highest BCUT2D eigenvalue weighted by Gasteiger charge is 2.18. The van der Waals surface area contributed by atoms with Gasteiger partial charge >= 0.3 is 0 Å². The first-order valence-electron chi connectivity index (χ1n) is 6.23. The third kappa shape index (κ3) is 3.15. The van der Waals surface area contributed by atoms with Crippen molar-refractivity contribution < 1.29 is 8.42 Å². The second-order valence-corrected chi connectivity index (χ2v) is 6.44. The number of anilines is 2. The molecule has 0 aliphatic rings. The summed E-state index contributed by atoms with van der Waals surface area (Å²) in [6.45, 7) is 3.76. The molecule has 0 bridgehead atoms. The molecule has 0 aromatic heterocycles. The lowest BCUT2D eigenvalue weighted by Crippen LogP contribution is -2.15. The van der Waals surface area contributed by atoms with Gasteiger partial charge in [-0.05, 0) is 43.7 Å². The van der Waals surface area contributed by atoms with Crippen LogP contribution in [0, 0.1) is 25.2 Å². The van der Waals surface area contributed by atoms with Crippen LogP contribution in [-0.4, -0.2) is 8.42 Å². The third-order valence-electron chi connectivity index (χ3n) is 3.05. The van der Waals surface area contributed by atoms with Crippen LogP contribution in [0.25, 0.3) is 0 Å². The van der Waals surface area contributed by atoms with E-state index in [-0.39, 0.29) is 10.6 Å². The minimum atomic E-state index is -3.79. The van der Waals surface area contributed by atoms with Crippen LogP contribution < -0.4 is 10.5 Å². The summed E-state index contributed by atoms with van der Waals surface area (Å²) in [6.07, 6.45) is 0. The predicted octanol–water partition coefficient (Wildman–Crippen LogP) is 2.56. The van der Waals surface area contributed by atoms with Crippen LogP contribution in [-0.2, 0) is 10.0 Å². The second kappa shape index (κ2) is 5.46. The first-order chi connectivity index (χ1) is 9.83. The van der Waals surface area contributed by atoms with Crippen LogP contribution in [0.1, 0.15) is 16.7 Å². The lowest BCUT2D eigenvalue weighted by Gasteiger charge is -2.12. The van der Waals surface area contributed by atoms with Gasteiger partial charge in [0.25, 0.3) is 10.0 Å². The molecule has 3 N–H and O–H groups in total. The van der Waals surface area contributed by atoms with Crippen molar-refractivity contribution in [3.63, 3.8) is 0 Å². The number of nitrogens with two attached hydrogens (primary N) is 1. The van der Waals surface area contributed by atoms with Crippen LogP contribution in [0.3, 0.4) is 0 Å². The summed E-state index contributed by atoms with van der Waals surface area (Å²) < 4.78 is 27.3. The SMILES string of the molecule is Cc1ccc(NS(=O)(=O)c2ccc(C#N)cc2N)c(C)c1. The molecule has 0 atom stereocenters. The van der Waals surface area contributed by atoms with Crippen molar-refractivity contribution in [2.24, 2.45) is 0 Å². The Morgan fingerprint density at radius 1 is 1.14 bits per heavy atom. The first kappa shape index (κ1) is 14.9. The number of nitriles is 1. The molecule has 21 heavy (non-hydrogen) atoms. The van der Waals surface area contributed by atoms with E-state index in [1.807, 2.05) is 32.0 Å². The highest BCUT2D eigenvalue weighted by molar-refractivity contribution is 7.92. The quantitative estimate of drug-likeness (QED) is 0.851. The molecular formula is C15H15N3O2S. The summed E-state index contributed by atoms with van der Waals surface area (Å²) in [7, 11) is -3.79. The van der Waals surface area contributed by atoms with Crippen molar-refractivity contribution in [2.75, 3.05) is 10.5 Å². The Labute approximate surface area is 124 Å². The molecule has 108 valence electrons. The van der Waals surface area contributed by atoms with Crippen LogP contribution in [0.5, 0.6) is 0 Å². The van der Waals surface area contributed by atoms with E-state index >= 15 is 0 Å². The number of hydrogen-bond acceptors (Lipinski definition) is 4. The van der Waals surface area contributed by atoms with Gasteiger partial charge in [0.2, 0.25) is 0 Å². The molecule has 0 aliphatic carbocycles. The number of sulfonamides is 1. The monoisotopic (exact) mass is 301 g/mol. The molecule has 0 radical (unpaired) electrons. The van der Waals surface area contributed by atoms with E-state index in [1.54, 1.807) is 6.07 Å². The Hall–Kier alpha value is -2.52. The minimum absolute atomic E-state index is 0.0403. The van der Waals surface area contributed by atoms with Crippen molar-refractivity contribution in [3.8, 4) is 6.07 Å². The summed E-state index contributed by atoms with van der Waals surface area (Å²) in [6, 6.07) is 11.4. The zero-order valence-electron chi connectivity index (χ0n) is 11.7. The summed E-state index contributed by atoms with van der Waals surface area (Å²) in [4.78, 5) is -0.0403. The average molecular weight is 301 g/mol. The molecule has 6 heteroatoms. The fraction of sp³-hybridized carbons (Fsp3) is 0.133. The Morgan fingerprint density at radius 2 is 1.86 bits per heavy atom. The largest absolute Gasteiger partial charge is 0.398 e. The van der Waals surface area contributed by atoms with Gasteiger partial charge in [-0.15, -0.1) is 0 Å². The molecule has 2 rings (SSSR count). The summed E-state index contributed by atoms with van der Waals surface area (Å²) in [5.41, 5.74) is 8.47. The third-order valence-corrected chi connectivity index (χ3v) is 4.49. The highest BCUT2D eigenvalue weighted by Crippen LogP contribution is 2.24. The first-order valence-corrected chi connectivity index (χ1v) is 7.71. The maximum atomic E-state index is 12.4. The lowest BCUT2D eigenvalue weighted by molar-refractivity contribution is 0.601. The maximum absolute atomic E-state index is 12.4. The molecule has 0 amide bonds. The molecule has 0 saturated carbocycles. The van der Waals surface area contributed by atoms with E-state index in [9.17, 15) is 8.42 Å². The van der Waals surface area contributed by atoms with Gasteiger partial charge in [-0.3, -0.25) is 4.72 Å². The van der Waals surface area contributed by atoms with E-state index in [0.717, 1.165) is 11.1 Å². The molecule has 0 aliphatic heterocycles. The van der Waals surface area contributed by atoms with Crippen LogP contribution in [0.4, 0.5) is 11.4 Å². The Bertz CT molecular complexity index is 836. The van der Waals surface area contributed by atoms with Gasteiger partial charge < -0.3 is 5.73 Å². The van der Waals surface area contributed by atoms with E-state index in [1.165, 1.54) is 18.2 Å². The fourth-order valence-electron chi connectivity index (χ4n) is 1.99. The number of nitrogens with zero attached hydrogens (tertiary/aromatic N) is 1. The molecule has 0 spiro atoms. The molecule has 0 heterocycles. The number of rotatable bonds is 3. The van der Waals surface area contributed by atoms with Gasteiger partial charge in [-0.1, -0.05) is 17.7 Å². The Kier molecular flexibility index (Phi) is 3.87. The van der Waals surface area contributed by atoms with Gasteiger partial charge in [-0.2, -0.15) is 5.26 Å². The van der Waals surface area contributed by atoms with Crippen LogP contribution in [0.15, 0.2) is 41.3 Å². The zero-order chi connectivity index (χ0) is 15.6. The fourth-order valence-corrected chi connectivity index (χ4v) is 3.24. The molecule has 0 unspecified atom stereocenters. The van der Waals surface area contributed by atoms with Gasteiger partial charge in [0.15, 0.2) is 0 Å². The van der Waals surface area contributed by atoms with E-state index < -0.39 is 10.0 Å². The topological polar surface area (TPSA) is 96.0 Å². The smallest absolute Gasteiger partial charge is 0.263 e. The van der Waals surface area contributed by atoms with Crippen molar-refractivity contribution in [2.45, 2.75) is 18.7 Å². The van der Waals surface area contributed by atoms with E-state index in [2.05, 4.69) is 4.72 Å².